The van der Waals surface area contributed by atoms with Gasteiger partial charge < -0.3 is 9.84 Å². The molecule has 17 heavy (non-hydrogen) atoms. The van der Waals surface area contributed by atoms with Crippen molar-refractivity contribution in [1.29, 1.82) is 0 Å². The van der Waals surface area contributed by atoms with Crippen molar-refractivity contribution in [2.75, 3.05) is 5.32 Å². The SMILES string of the molecule is Cc1noc(CNc2ccccc2[N+](=O)[O-])n1. The average Bonchev–Trinajstić information content (AvgIpc) is 2.73. The number of aromatic nitrogens is 2. The minimum absolute atomic E-state index is 0.0173. The molecule has 0 aliphatic rings. The van der Waals surface area contributed by atoms with Crippen LogP contribution >= 0.6 is 0 Å². The molecule has 2 aromatic rings. The summed E-state index contributed by atoms with van der Waals surface area (Å²) >= 11 is 0. The van der Waals surface area contributed by atoms with Crippen LogP contribution in [0, 0.1) is 17.0 Å². The Morgan fingerprint density at radius 1 is 1.47 bits per heavy atom. The van der Waals surface area contributed by atoms with Gasteiger partial charge in [-0.3, -0.25) is 10.1 Å². The maximum atomic E-state index is 10.8. The van der Waals surface area contributed by atoms with Gasteiger partial charge in [-0.25, -0.2) is 0 Å². The van der Waals surface area contributed by atoms with E-state index in [4.69, 9.17) is 4.52 Å². The highest BCUT2D eigenvalue weighted by atomic mass is 16.6. The van der Waals surface area contributed by atoms with Gasteiger partial charge in [-0.15, -0.1) is 0 Å². The molecule has 0 amide bonds. The average molecular weight is 234 g/mol. The van der Waals surface area contributed by atoms with Crippen LogP contribution in [0.1, 0.15) is 11.7 Å². The fourth-order valence-electron chi connectivity index (χ4n) is 1.37. The molecular formula is C10H10N4O3. The van der Waals surface area contributed by atoms with Gasteiger partial charge in [0, 0.05) is 6.07 Å². The van der Waals surface area contributed by atoms with Crippen LogP contribution in [0.4, 0.5) is 11.4 Å². The van der Waals surface area contributed by atoms with E-state index in [0.29, 0.717) is 17.4 Å². The molecular weight excluding hydrogens is 224 g/mol. The third kappa shape index (κ3) is 2.57. The lowest BCUT2D eigenvalue weighted by atomic mass is 10.2. The Balaban J connectivity index is 2.11. The van der Waals surface area contributed by atoms with Gasteiger partial charge in [-0.1, -0.05) is 17.3 Å². The van der Waals surface area contributed by atoms with E-state index in [1.54, 1.807) is 25.1 Å². The first-order valence-electron chi connectivity index (χ1n) is 4.93. The van der Waals surface area contributed by atoms with Crippen LogP contribution in [-0.4, -0.2) is 15.1 Å². The van der Waals surface area contributed by atoms with E-state index in [-0.39, 0.29) is 12.2 Å². The molecule has 0 atom stereocenters. The first-order valence-corrected chi connectivity index (χ1v) is 4.93. The van der Waals surface area contributed by atoms with Gasteiger partial charge in [0.25, 0.3) is 5.69 Å². The number of aryl methyl sites for hydroxylation is 1. The van der Waals surface area contributed by atoms with Gasteiger partial charge in [-0.05, 0) is 13.0 Å². The monoisotopic (exact) mass is 234 g/mol. The van der Waals surface area contributed by atoms with Crippen LogP contribution in [0.15, 0.2) is 28.8 Å². The maximum absolute atomic E-state index is 10.8. The van der Waals surface area contributed by atoms with Gasteiger partial charge >= 0.3 is 0 Å². The van der Waals surface area contributed by atoms with Gasteiger partial charge in [0.05, 0.1) is 11.5 Å². The number of hydrogen-bond donors (Lipinski definition) is 1. The lowest BCUT2D eigenvalue weighted by Gasteiger charge is -2.03. The van der Waals surface area contributed by atoms with Crippen molar-refractivity contribution in [1.82, 2.24) is 10.1 Å². The Morgan fingerprint density at radius 3 is 2.88 bits per heavy atom. The predicted octanol–water partition coefficient (Wildman–Crippen LogP) is 1.90. The minimum atomic E-state index is -0.443. The van der Waals surface area contributed by atoms with Crippen molar-refractivity contribution in [3.05, 3.63) is 46.1 Å². The zero-order valence-corrected chi connectivity index (χ0v) is 9.08. The number of nitrogens with one attached hydrogen (secondary N) is 1. The van der Waals surface area contributed by atoms with Crippen LogP contribution in [-0.2, 0) is 6.54 Å². The van der Waals surface area contributed by atoms with Crippen LogP contribution in [0.3, 0.4) is 0 Å². The molecule has 1 N–H and O–H groups in total. The number of anilines is 1. The van der Waals surface area contributed by atoms with E-state index in [0.717, 1.165) is 0 Å². The molecule has 1 heterocycles. The molecule has 88 valence electrons. The van der Waals surface area contributed by atoms with Gasteiger partial charge in [-0.2, -0.15) is 4.98 Å². The minimum Gasteiger partial charge on any atom is -0.371 e. The highest BCUT2D eigenvalue weighted by molar-refractivity contribution is 5.60. The standard InChI is InChI=1S/C10H10N4O3/c1-7-12-10(17-13-7)6-11-8-4-2-3-5-9(8)14(15)16/h2-5,11H,6H2,1H3. The normalized spacial score (nSPS) is 10.2. The Kier molecular flexibility index (Phi) is 2.99. The molecule has 0 saturated heterocycles. The molecule has 0 saturated carbocycles. The second-order valence-corrected chi connectivity index (χ2v) is 3.36. The lowest BCUT2D eigenvalue weighted by Crippen LogP contribution is -2.02. The Hall–Kier alpha value is -2.44. The van der Waals surface area contributed by atoms with Crippen molar-refractivity contribution >= 4 is 11.4 Å². The van der Waals surface area contributed by atoms with Crippen molar-refractivity contribution in [3.63, 3.8) is 0 Å². The molecule has 0 unspecified atom stereocenters. The molecule has 7 heteroatoms. The Labute approximate surface area is 96.6 Å². The van der Waals surface area contributed by atoms with E-state index in [1.807, 2.05) is 0 Å². The number of rotatable bonds is 4. The fraction of sp³-hybridized carbons (Fsp3) is 0.200. The zero-order chi connectivity index (χ0) is 12.3. The molecule has 7 nitrogen and oxygen atoms in total. The summed E-state index contributed by atoms with van der Waals surface area (Å²) in [6, 6.07) is 6.39. The number of nitro benzene ring substituents is 1. The van der Waals surface area contributed by atoms with E-state index in [1.165, 1.54) is 6.07 Å². The van der Waals surface area contributed by atoms with Crippen molar-refractivity contribution in [3.8, 4) is 0 Å². The molecule has 0 aliphatic heterocycles. The molecule has 0 fully saturated rings. The number of nitro groups is 1. The summed E-state index contributed by atoms with van der Waals surface area (Å²) in [5.74, 6) is 0.921. The number of benzene rings is 1. The topological polar surface area (TPSA) is 94.1 Å². The second-order valence-electron chi connectivity index (χ2n) is 3.36. The third-order valence-corrected chi connectivity index (χ3v) is 2.10. The Bertz CT molecular complexity index is 538. The highest BCUT2D eigenvalue weighted by Crippen LogP contribution is 2.23. The number of nitrogens with zero attached hydrogens (tertiary/aromatic N) is 3. The summed E-state index contributed by atoms with van der Waals surface area (Å²) in [6.45, 7) is 1.96. The second kappa shape index (κ2) is 4.60. The largest absolute Gasteiger partial charge is 0.371 e. The van der Waals surface area contributed by atoms with Crippen LogP contribution in [0.5, 0.6) is 0 Å². The predicted molar refractivity (Wildman–Crippen MR) is 59.5 cm³/mol. The Morgan fingerprint density at radius 2 is 2.24 bits per heavy atom. The molecule has 1 aromatic heterocycles. The summed E-state index contributed by atoms with van der Waals surface area (Å²) in [4.78, 5) is 14.3. The summed E-state index contributed by atoms with van der Waals surface area (Å²) in [5.41, 5.74) is 0.442. The summed E-state index contributed by atoms with van der Waals surface area (Å²) in [6.07, 6.45) is 0. The van der Waals surface area contributed by atoms with Crippen LogP contribution in [0.2, 0.25) is 0 Å². The molecule has 0 bridgehead atoms. The van der Waals surface area contributed by atoms with E-state index in [2.05, 4.69) is 15.5 Å². The quantitative estimate of drug-likeness (QED) is 0.641. The van der Waals surface area contributed by atoms with Gasteiger partial charge in [0.15, 0.2) is 5.82 Å². The lowest BCUT2D eigenvalue weighted by molar-refractivity contribution is -0.384. The van der Waals surface area contributed by atoms with Crippen molar-refractivity contribution < 1.29 is 9.45 Å². The van der Waals surface area contributed by atoms with Crippen LogP contribution in [0.25, 0.3) is 0 Å². The molecule has 2 rings (SSSR count). The number of hydrogen-bond acceptors (Lipinski definition) is 6. The fourth-order valence-corrected chi connectivity index (χ4v) is 1.37. The summed E-state index contributed by atoms with van der Waals surface area (Å²) in [7, 11) is 0. The molecule has 1 aromatic carbocycles. The van der Waals surface area contributed by atoms with Gasteiger partial charge in [0.1, 0.15) is 5.69 Å². The van der Waals surface area contributed by atoms with Crippen LogP contribution < -0.4 is 5.32 Å². The molecule has 0 radical (unpaired) electrons. The van der Waals surface area contributed by atoms with E-state index < -0.39 is 4.92 Å². The number of para-hydroxylation sites is 2. The molecule has 0 aliphatic carbocycles. The molecule has 0 spiro atoms. The highest BCUT2D eigenvalue weighted by Gasteiger charge is 2.12. The van der Waals surface area contributed by atoms with E-state index in [9.17, 15) is 10.1 Å². The first-order chi connectivity index (χ1) is 8.16. The maximum Gasteiger partial charge on any atom is 0.292 e. The van der Waals surface area contributed by atoms with Crippen molar-refractivity contribution in [2.24, 2.45) is 0 Å². The van der Waals surface area contributed by atoms with E-state index >= 15 is 0 Å². The zero-order valence-electron chi connectivity index (χ0n) is 9.08. The first kappa shape index (κ1) is 11.1. The van der Waals surface area contributed by atoms with Gasteiger partial charge in [0.2, 0.25) is 5.89 Å². The van der Waals surface area contributed by atoms with Crippen molar-refractivity contribution in [2.45, 2.75) is 13.5 Å². The third-order valence-electron chi connectivity index (χ3n) is 2.10. The summed E-state index contributed by atoms with van der Waals surface area (Å²) in [5, 5.41) is 17.3. The summed E-state index contributed by atoms with van der Waals surface area (Å²) < 4.78 is 4.89. The smallest absolute Gasteiger partial charge is 0.292 e.